The van der Waals surface area contributed by atoms with Crippen LogP contribution in [0.5, 0.6) is 0 Å². The highest BCUT2D eigenvalue weighted by Crippen LogP contribution is 2.32. The molecule has 0 aliphatic heterocycles. The Labute approximate surface area is 195 Å². The first-order chi connectivity index (χ1) is 15.9. The molecule has 3 rings (SSSR count). The van der Waals surface area contributed by atoms with Gasteiger partial charge in [-0.1, -0.05) is 80.6 Å². The standard InChI is InChI=1S/C28H30FN3O/c1-20(2)18-26(28(31)33)32(17-16-30)27(23-6-4-3-5-7-23)24-12-8-21(9-13-24)19-22-10-14-25(29)15-11-22/h3-15,20,26-27H,17-19H2,1-2H3,(H2,31,33)/t26-,27?/m0/s1. The molecule has 0 aromatic heterocycles. The highest BCUT2D eigenvalue weighted by Gasteiger charge is 2.32. The number of carbonyl (C=O) groups excluding carboxylic acids is 1. The van der Waals surface area contributed by atoms with E-state index in [2.05, 4.69) is 6.07 Å². The Bertz CT molecular complexity index is 1070. The van der Waals surface area contributed by atoms with E-state index in [1.807, 2.05) is 73.3 Å². The molecule has 1 amide bonds. The van der Waals surface area contributed by atoms with E-state index in [1.165, 1.54) is 12.1 Å². The third-order valence-electron chi connectivity index (χ3n) is 5.74. The van der Waals surface area contributed by atoms with Gasteiger partial charge in [-0.25, -0.2) is 4.39 Å². The lowest BCUT2D eigenvalue weighted by atomic mass is 9.92. The second-order valence-corrected chi connectivity index (χ2v) is 8.74. The minimum Gasteiger partial charge on any atom is -0.368 e. The first-order valence-corrected chi connectivity index (χ1v) is 11.2. The molecule has 3 aromatic carbocycles. The summed E-state index contributed by atoms with van der Waals surface area (Å²) < 4.78 is 13.2. The van der Waals surface area contributed by atoms with Crippen molar-refractivity contribution in [2.75, 3.05) is 6.54 Å². The van der Waals surface area contributed by atoms with Gasteiger partial charge in [0, 0.05) is 0 Å². The average molecular weight is 444 g/mol. The molecule has 0 bridgehead atoms. The molecule has 0 heterocycles. The molecule has 0 aliphatic carbocycles. The molecule has 0 saturated heterocycles. The van der Waals surface area contributed by atoms with Gasteiger partial charge < -0.3 is 5.73 Å². The average Bonchev–Trinajstić information content (AvgIpc) is 2.80. The minimum atomic E-state index is -0.561. The summed E-state index contributed by atoms with van der Waals surface area (Å²) in [5.41, 5.74) is 9.91. The smallest absolute Gasteiger partial charge is 0.234 e. The number of carbonyl (C=O) groups is 1. The minimum absolute atomic E-state index is 0.0806. The summed E-state index contributed by atoms with van der Waals surface area (Å²) in [5.74, 6) is -0.422. The number of rotatable bonds is 10. The van der Waals surface area contributed by atoms with Crippen molar-refractivity contribution < 1.29 is 9.18 Å². The maximum Gasteiger partial charge on any atom is 0.234 e. The number of hydrogen-bond acceptors (Lipinski definition) is 3. The van der Waals surface area contributed by atoms with E-state index in [1.54, 1.807) is 12.1 Å². The van der Waals surface area contributed by atoms with Crippen LogP contribution in [0, 0.1) is 23.1 Å². The molecule has 2 N–H and O–H groups in total. The van der Waals surface area contributed by atoms with E-state index in [-0.39, 0.29) is 24.3 Å². The van der Waals surface area contributed by atoms with Crippen molar-refractivity contribution in [2.45, 2.75) is 38.8 Å². The largest absolute Gasteiger partial charge is 0.368 e. The molecule has 0 saturated carbocycles. The van der Waals surface area contributed by atoms with Crippen LogP contribution in [-0.2, 0) is 11.2 Å². The highest BCUT2D eigenvalue weighted by molar-refractivity contribution is 5.80. The monoisotopic (exact) mass is 443 g/mol. The molecule has 1 unspecified atom stereocenters. The summed E-state index contributed by atoms with van der Waals surface area (Å²) in [4.78, 5) is 14.4. The van der Waals surface area contributed by atoms with Gasteiger partial charge in [-0.05, 0) is 53.1 Å². The van der Waals surface area contributed by atoms with Crippen LogP contribution >= 0.6 is 0 Å². The van der Waals surface area contributed by atoms with Gasteiger partial charge in [0.05, 0.1) is 24.7 Å². The first kappa shape index (κ1) is 24.2. The van der Waals surface area contributed by atoms with E-state index in [4.69, 9.17) is 5.73 Å². The topological polar surface area (TPSA) is 70.1 Å². The number of halogens is 1. The predicted octanol–water partition coefficient (Wildman–Crippen LogP) is 5.23. The number of nitriles is 1. The Kier molecular flexibility index (Phi) is 8.34. The van der Waals surface area contributed by atoms with Gasteiger partial charge in [0.2, 0.25) is 5.91 Å². The van der Waals surface area contributed by atoms with Crippen LogP contribution in [-0.4, -0.2) is 23.4 Å². The number of nitrogens with zero attached hydrogens (tertiary/aromatic N) is 2. The lowest BCUT2D eigenvalue weighted by Crippen LogP contribution is -2.47. The third kappa shape index (κ3) is 6.50. The number of primary amides is 1. The van der Waals surface area contributed by atoms with Crippen LogP contribution in [0.15, 0.2) is 78.9 Å². The first-order valence-electron chi connectivity index (χ1n) is 11.2. The van der Waals surface area contributed by atoms with Gasteiger partial charge in [0.25, 0.3) is 0 Å². The second-order valence-electron chi connectivity index (χ2n) is 8.74. The predicted molar refractivity (Wildman–Crippen MR) is 129 cm³/mol. The number of hydrogen-bond donors (Lipinski definition) is 1. The van der Waals surface area contributed by atoms with Crippen molar-refractivity contribution in [1.29, 1.82) is 5.26 Å². The SMILES string of the molecule is CC(C)C[C@@H](C(N)=O)N(CC#N)C(c1ccccc1)c1ccc(Cc2ccc(F)cc2)cc1. The van der Waals surface area contributed by atoms with Crippen molar-refractivity contribution in [2.24, 2.45) is 11.7 Å². The zero-order valence-electron chi connectivity index (χ0n) is 19.1. The van der Waals surface area contributed by atoms with Gasteiger partial charge in [0.15, 0.2) is 0 Å². The lowest BCUT2D eigenvalue weighted by Gasteiger charge is -2.36. The summed E-state index contributed by atoms with van der Waals surface area (Å²) in [7, 11) is 0. The van der Waals surface area contributed by atoms with Crippen LogP contribution in [0.25, 0.3) is 0 Å². The molecule has 0 aliphatic rings. The van der Waals surface area contributed by atoms with E-state index in [0.29, 0.717) is 12.8 Å². The van der Waals surface area contributed by atoms with Gasteiger partial charge in [-0.2, -0.15) is 5.26 Å². The fraction of sp³-hybridized carbons (Fsp3) is 0.286. The van der Waals surface area contributed by atoms with Crippen molar-refractivity contribution >= 4 is 5.91 Å². The van der Waals surface area contributed by atoms with Crippen molar-refractivity contribution in [3.8, 4) is 6.07 Å². The van der Waals surface area contributed by atoms with Crippen molar-refractivity contribution in [3.63, 3.8) is 0 Å². The third-order valence-corrected chi connectivity index (χ3v) is 5.74. The Hall–Kier alpha value is -3.49. The Morgan fingerprint density at radius 1 is 0.939 bits per heavy atom. The van der Waals surface area contributed by atoms with E-state index < -0.39 is 11.9 Å². The molecule has 33 heavy (non-hydrogen) atoms. The van der Waals surface area contributed by atoms with Gasteiger partial charge in [-0.3, -0.25) is 9.69 Å². The molecule has 0 radical (unpaired) electrons. The normalized spacial score (nSPS) is 13.0. The molecule has 2 atom stereocenters. The number of benzene rings is 3. The van der Waals surface area contributed by atoms with Gasteiger partial charge in [0.1, 0.15) is 5.82 Å². The second kappa shape index (κ2) is 11.4. The Balaban J connectivity index is 1.98. The lowest BCUT2D eigenvalue weighted by molar-refractivity contribution is -0.124. The summed E-state index contributed by atoms with van der Waals surface area (Å²) in [6, 6.07) is 25.9. The molecular weight excluding hydrogens is 413 g/mol. The maximum absolute atomic E-state index is 13.2. The highest BCUT2D eigenvalue weighted by atomic mass is 19.1. The van der Waals surface area contributed by atoms with E-state index in [0.717, 1.165) is 22.3 Å². The number of nitrogens with two attached hydrogens (primary N) is 1. The quantitative estimate of drug-likeness (QED) is 0.436. The van der Waals surface area contributed by atoms with Crippen LogP contribution in [0.4, 0.5) is 4.39 Å². The Morgan fingerprint density at radius 2 is 1.48 bits per heavy atom. The van der Waals surface area contributed by atoms with Gasteiger partial charge >= 0.3 is 0 Å². The van der Waals surface area contributed by atoms with Crippen molar-refractivity contribution in [1.82, 2.24) is 4.90 Å². The summed E-state index contributed by atoms with van der Waals surface area (Å²) in [5, 5.41) is 9.60. The van der Waals surface area contributed by atoms with Gasteiger partial charge in [-0.15, -0.1) is 0 Å². The fourth-order valence-electron chi connectivity index (χ4n) is 4.19. The molecular formula is C28H30FN3O. The van der Waals surface area contributed by atoms with Crippen LogP contribution in [0.2, 0.25) is 0 Å². The molecule has 3 aromatic rings. The van der Waals surface area contributed by atoms with E-state index in [9.17, 15) is 14.4 Å². The summed E-state index contributed by atoms with van der Waals surface area (Å²) in [6.45, 7) is 4.17. The van der Waals surface area contributed by atoms with Crippen molar-refractivity contribution in [3.05, 3.63) is 107 Å². The zero-order valence-corrected chi connectivity index (χ0v) is 19.1. The molecule has 170 valence electrons. The van der Waals surface area contributed by atoms with E-state index >= 15 is 0 Å². The molecule has 4 nitrogen and oxygen atoms in total. The summed E-state index contributed by atoms with van der Waals surface area (Å²) in [6.07, 6.45) is 1.26. The van der Waals surface area contributed by atoms with Crippen LogP contribution in [0.1, 0.15) is 48.6 Å². The molecule has 5 heteroatoms. The molecule has 0 spiro atoms. The number of amides is 1. The summed E-state index contributed by atoms with van der Waals surface area (Å²) >= 11 is 0. The zero-order chi connectivity index (χ0) is 23.8. The van der Waals surface area contributed by atoms with Crippen LogP contribution < -0.4 is 5.73 Å². The maximum atomic E-state index is 13.2. The Morgan fingerprint density at radius 3 is 2.00 bits per heavy atom. The van der Waals surface area contributed by atoms with Crippen LogP contribution in [0.3, 0.4) is 0 Å². The fourth-order valence-corrected chi connectivity index (χ4v) is 4.19. The molecule has 0 fully saturated rings.